The van der Waals surface area contributed by atoms with E-state index < -0.39 is 5.91 Å². The van der Waals surface area contributed by atoms with E-state index >= 15 is 0 Å². The van der Waals surface area contributed by atoms with Crippen molar-refractivity contribution in [3.8, 4) is 5.75 Å². The van der Waals surface area contributed by atoms with Gasteiger partial charge in [0.25, 0.3) is 11.8 Å². The lowest BCUT2D eigenvalue weighted by atomic mass is 10.1. The van der Waals surface area contributed by atoms with Gasteiger partial charge in [-0.2, -0.15) is 0 Å². The third kappa shape index (κ3) is 7.02. The van der Waals surface area contributed by atoms with E-state index in [1.165, 1.54) is 0 Å². The second-order valence-electron chi connectivity index (χ2n) is 7.03. The molecule has 33 heavy (non-hydrogen) atoms. The van der Waals surface area contributed by atoms with Gasteiger partial charge in [0.1, 0.15) is 5.75 Å². The molecule has 0 heterocycles. The van der Waals surface area contributed by atoms with Gasteiger partial charge in [0, 0.05) is 13.0 Å². The molecule has 0 aromatic heterocycles. The zero-order valence-electron chi connectivity index (χ0n) is 18.0. The topological polar surface area (TPSA) is 79.5 Å². The zero-order chi connectivity index (χ0) is 23.5. The summed E-state index contributed by atoms with van der Waals surface area (Å²) in [5.74, 6) is -0.210. The summed E-state index contributed by atoms with van der Waals surface area (Å²) in [6.07, 6.45) is 2.32. The maximum absolute atomic E-state index is 12.9. The minimum Gasteiger partial charge on any atom is -0.492 e. The van der Waals surface area contributed by atoms with Crippen molar-refractivity contribution in [2.24, 2.45) is 0 Å². The Morgan fingerprint density at radius 1 is 0.879 bits per heavy atom. The van der Waals surface area contributed by atoms with E-state index in [2.05, 4.69) is 22.5 Å². The molecule has 0 saturated heterocycles. The van der Waals surface area contributed by atoms with Crippen molar-refractivity contribution in [1.82, 2.24) is 10.6 Å². The number of carbonyl (C=O) groups is 2. The molecule has 6 nitrogen and oxygen atoms in total. The summed E-state index contributed by atoms with van der Waals surface area (Å²) >= 11 is 5.31. The number of anilines is 1. The van der Waals surface area contributed by atoms with E-state index in [9.17, 15) is 9.59 Å². The molecule has 0 saturated carbocycles. The SMILES string of the molecule is C=CCNC(=O)c1ccccc1NC(=S)NC(=O)c1ccccc1OCCc1ccccc1. The van der Waals surface area contributed by atoms with Crippen LogP contribution in [0.5, 0.6) is 5.75 Å². The molecular weight excluding hydrogens is 434 g/mol. The third-order valence-electron chi connectivity index (χ3n) is 4.68. The van der Waals surface area contributed by atoms with Crippen LogP contribution in [0.15, 0.2) is 91.5 Å². The number of carbonyl (C=O) groups excluding carboxylic acids is 2. The van der Waals surface area contributed by atoms with Crippen LogP contribution in [0, 0.1) is 0 Å². The van der Waals surface area contributed by atoms with Gasteiger partial charge in [-0.15, -0.1) is 6.58 Å². The molecule has 168 valence electrons. The molecule has 7 heteroatoms. The monoisotopic (exact) mass is 459 g/mol. The van der Waals surface area contributed by atoms with E-state index in [4.69, 9.17) is 17.0 Å². The van der Waals surface area contributed by atoms with Crippen LogP contribution >= 0.6 is 12.2 Å². The predicted octanol–water partition coefficient (Wildman–Crippen LogP) is 4.35. The van der Waals surface area contributed by atoms with Crippen molar-refractivity contribution in [1.29, 1.82) is 0 Å². The van der Waals surface area contributed by atoms with Gasteiger partial charge in [-0.25, -0.2) is 0 Å². The van der Waals surface area contributed by atoms with Gasteiger partial charge in [0.15, 0.2) is 5.11 Å². The number of hydrogen-bond acceptors (Lipinski definition) is 4. The van der Waals surface area contributed by atoms with Gasteiger partial charge >= 0.3 is 0 Å². The van der Waals surface area contributed by atoms with Gasteiger partial charge in [-0.1, -0.05) is 60.7 Å². The first-order valence-corrected chi connectivity index (χ1v) is 10.9. The Morgan fingerprint density at radius 2 is 1.55 bits per heavy atom. The highest BCUT2D eigenvalue weighted by molar-refractivity contribution is 7.80. The van der Waals surface area contributed by atoms with Crippen molar-refractivity contribution >= 4 is 34.8 Å². The summed E-state index contributed by atoms with van der Waals surface area (Å²) in [5.41, 5.74) is 2.41. The Morgan fingerprint density at radius 3 is 2.30 bits per heavy atom. The minimum absolute atomic E-state index is 0.0723. The van der Waals surface area contributed by atoms with E-state index in [-0.39, 0.29) is 11.0 Å². The number of para-hydroxylation sites is 2. The van der Waals surface area contributed by atoms with Gasteiger partial charge in [-0.3, -0.25) is 14.9 Å². The van der Waals surface area contributed by atoms with Crippen molar-refractivity contribution in [2.75, 3.05) is 18.5 Å². The Bertz CT molecular complexity index is 1130. The molecule has 2 amide bonds. The van der Waals surface area contributed by atoms with Crippen LogP contribution in [0.3, 0.4) is 0 Å². The number of nitrogens with one attached hydrogen (secondary N) is 3. The van der Waals surface area contributed by atoms with Gasteiger partial charge in [-0.05, 0) is 42.0 Å². The summed E-state index contributed by atoms with van der Waals surface area (Å²) in [4.78, 5) is 25.2. The molecular formula is C26H25N3O3S. The summed E-state index contributed by atoms with van der Waals surface area (Å²) in [6, 6.07) is 23.9. The van der Waals surface area contributed by atoms with Crippen molar-refractivity contribution in [2.45, 2.75) is 6.42 Å². The van der Waals surface area contributed by atoms with E-state index in [1.807, 2.05) is 36.4 Å². The van der Waals surface area contributed by atoms with Crippen LogP contribution in [0.25, 0.3) is 0 Å². The molecule has 0 fully saturated rings. The first kappa shape index (κ1) is 23.7. The van der Waals surface area contributed by atoms with E-state index in [0.717, 1.165) is 12.0 Å². The molecule has 0 spiro atoms. The number of hydrogen-bond donors (Lipinski definition) is 3. The quantitative estimate of drug-likeness (QED) is 0.328. The maximum Gasteiger partial charge on any atom is 0.261 e. The molecule has 3 rings (SSSR count). The zero-order valence-corrected chi connectivity index (χ0v) is 18.9. The maximum atomic E-state index is 12.9. The van der Waals surface area contributed by atoms with Gasteiger partial charge < -0.3 is 15.4 Å². The molecule has 0 aliphatic heterocycles. The van der Waals surface area contributed by atoms with Crippen LogP contribution in [-0.2, 0) is 6.42 Å². The molecule has 0 aliphatic rings. The Hall–Kier alpha value is -3.97. The largest absolute Gasteiger partial charge is 0.492 e. The summed E-state index contributed by atoms with van der Waals surface area (Å²) in [7, 11) is 0. The summed E-state index contributed by atoms with van der Waals surface area (Å²) in [6.45, 7) is 4.37. The number of thiocarbonyl (C=S) groups is 1. The molecule has 0 atom stereocenters. The van der Waals surface area contributed by atoms with Crippen molar-refractivity contribution in [3.63, 3.8) is 0 Å². The van der Waals surface area contributed by atoms with Crippen molar-refractivity contribution in [3.05, 3.63) is 108 Å². The number of amides is 2. The average molecular weight is 460 g/mol. The fraction of sp³-hybridized carbons (Fsp3) is 0.115. The summed E-state index contributed by atoms with van der Waals surface area (Å²) < 4.78 is 5.86. The normalized spacial score (nSPS) is 10.1. The molecule has 3 N–H and O–H groups in total. The third-order valence-corrected chi connectivity index (χ3v) is 4.88. The molecule has 0 radical (unpaired) electrons. The van der Waals surface area contributed by atoms with E-state index in [0.29, 0.717) is 35.7 Å². The molecule has 0 aliphatic carbocycles. The van der Waals surface area contributed by atoms with Crippen LogP contribution in [0.4, 0.5) is 5.69 Å². The van der Waals surface area contributed by atoms with Gasteiger partial charge in [0.05, 0.1) is 23.4 Å². The minimum atomic E-state index is -0.406. The molecule has 3 aromatic carbocycles. The fourth-order valence-corrected chi connectivity index (χ4v) is 3.28. The van der Waals surface area contributed by atoms with Crippen LogP contribution < -0.4 is 20.7 Å². The lowest BCUT2D eigenvalue weighted by Crippen LogP contribution is -2.35. The molecule has 0 bridgehead atoms. The first-order valence-electron chi connectivity index (χ1n) is 10.4. The molecule has 0 unspecified atom stereocenters. The average Bonchev–Trinajstić information content (AvgIpc) is 2.83. The Kier molecular flexibility index (Phi) is 8.73. The van der Waals surface area contributed by atoms with Crippen molar-refractivity contribution < 1.29 is 14.3 Å². The smallest absolute Gasteiger partial charge is 0.261 e. The highest BCUT2D eigenvalue weighted by atomic mass is 32.1. The Balaban J connectivity index is 1.62. The fourth-order valence-electron chi connectivity index (χ4n) is 3.08. The predicted molar refractivity (Wildman–Crippen MR) is 135 cm³/mol. The lowest BCUT2D eigenvalue weighted by Gasteiger charge is -2.15. The summed E-state index contributed by atoms with van der Waals surface area (Å²) in [5, 5.41) is 8.38. The highest BCUT2D eigenvalue weighted by Crippen LogP contribution is 2.19. The number of ether oxygens (including phenoxy) is 1. The molecule has 3 aromatic rings. The van der Waals surface area contributed by atoms with Gasteiger partial charge in [0.2, 0.25) is 0 Å². The Labute approximate surface area is 198 Å². The second kappa shape index (κ2) is 12.2. The van der Waals surface area contributed by atoms with Crippen LogP contribution in [0.2, 0.25) is 0 Å². The van der Waals surface area contributed by atoms with Crippen LogP contribution in [-0.4, -0.2) is 30.1 Å². The lowest BCUT2D eigenvalue weighted by molar-refractivity contribution is 0.0955. The number of benzene rings is 3. The van der Waals surface area contributed by atoms with Crippen LogP contribution in [0.1, 0.15) is 26.3 Å². The standard InChI is InChI=1S/C26H25N3O3S/c1-2-17-27-24(30)20-12-6-8-14-22(20)28-26(33)29-25(31)21-13-7-9-15-23(21)32-18-16-19-10-4-3-5-11-19/h2-15H,1,16-18H2,(H,27,30)(H2,28,29,31,33). The first-order chi connectivity index (χ1) is 16.1. The number of rotatable bonds is 9. The second-order valence-corrected chi connectivity index (χ2v) is 7.44. The highest BCUT2D eigenvalue weighted by Gasteiger charge is 2.16. The van der Waals surface area contributed by atoms with E-state index in [1.54, 1.807) is 48.5 Å².